The molecule has 1 aromatic heterocycles. The number of aromatic nitrogens is 1. The van der Waals surface area contributed by atoms with Gasteiger partial charge in [0.15, 0.2) is 4.90 Å². The van der Waals surface area contributed by atoms with Crippen molar-refractivity contribution in [1.82, 2.24) is 13.8 Å². The number of pyridine rings is 1. The Kier molecular flexibility index (Phi) is 5.90. The third kappa shape index (κ3) is 4.12. The minimum atomic E-state index is -4.33. The maximum atomic E-state index is 13.9. The Morgan fingerprint density at radius 1 is 0.964 bits per heavy atom. The Hall–Kier alpha value is -2.59. The Bertz CT molecular complexity index is 1010. The number of nitrogens with zero attached hydrogens (tertiary/aromatic N) is 3. The van der Waals surface area contributed by atoms with Crippen molar-refractivity contribution in [2.24, 2.45) is 0 Å². The van der Waals surface area contributed by atoms with Crippen LogP contribution in [0, 0.1) is 11.6 Å². The normalized spacial score (nSPS) is 15.6. The first kappa shape index (κ1) is 20.2. The highest BCUT2D eigenvalue weighted by atomic mass is 32.2. The predicted octanol–water partition coefficient (Wildman–Crippen LogP) is 1.05. The zero-order valence-corrected chi connectivity index (χ0v) is 15.7. The molecule has 0 bridgehead atoms. The van der Waals surface area contributed by atoms with Crippen LogP contribution in [-0.4, -0.2) is 54.3 Å². The van der Waals surface area contributed by atoms with Gasteiger partial charge in [-0.1, -0.05) is 12.1 Å². The fourth-order valence-corrected chi connectivity index (χ4v) is 4.59. The molecule has 28 heavy (non-hydrogen) atoms. The number of rotatable bonds is 5. The molecule has 0 unspecified atom stereocenters. The fourth-order valence-electron chi connectivity index (χ4n) is 3.06. The third-order valence-electron chi connectivity index (χ3n) is 4.57. The summed E-state index contributed by atoms with van der Waals surface area (Å²) in [7, 11) is -4.33. The summed E-state index contributed by atoms with van der Waals surface area (Å²) in [6, 6.07) is 7.58. The number of amides is 1. The largest absolute Gasteiger partial charge is 0.340 e. The molecular weight excluding hydrogens is 392 g/mol. The molecule has 0 spiro atoms. The van der Waals surface area contributed by atoms with Crippen molar-refractivity contribution in [1.29, 1.82) is 0 Å². The predicted molar refractivity (Wildman–Crippen MR) is 97.0 cm³/mol. The molecule has 1 aliphatic rings. The van der Waals surface area contributed by atoms with Crippen molar-refractivity contribution in [3.8, 4) is 0 Å². The summed E-state index contributed by atoms with van der Waals surface area (Å²) in [5.74, 6) is -2.51. The van der Waals surface area contributed by atoms with Gasteiger partial charge in [-0.05, 0) is 18.2 Å². The number of halogens is 2. The van der Waals surface area contributed by atoms with Crippen molar-refractivity contribution in [2.75, 3.05) is 26.2 Å². The maximum absolute atomic E-state index is 13.9. The molecule has 150 valence electrons. The van der Waals surface area contributed by atoms with E-state index in [4.69, 9.17) is 0 Å². The summed E-state index contributed by atoms with van der Waals surface area (Å²) in [5.41, 5.74) is -0.210. The molecule has 2 aromatic rings. The summed E-state index contributed by atoms with van der Waals surface area (Å²) >= 11 is 0. The molecule has 10 heteroatoms. The zero-order valence-electron chi connectivity index (χ0n) is 14.9. The van der Waals surface area contributed by atoms with Gasteiger partial charge in [-0.2, -0.15) is 4.31 Å². The molecule has 1 aliphatic heterocycles. The Balaban J connectivity index is 1.62. The number of hydrogen-bond donors (Lipinski definition) is 0. The van der Waals surface area contributed by atoms with Gasteiger partial charge in [-0.3, -0.25) is 9.59 Å². The van der Waals surface area contributed by atoms with E-state index in [0.717, 1.165) is 22.5 Å². The van der Waals surface area contributed by atoms with E-state index in [9.17, 15) is 26.8 Å². The molecule has 3 rings (SSSR count). The lowest BCUT2D eigenvalue weighted by Gasteiger charge is -2.34. The van der Waals surface area contributed by atoms with Gasteiger partial charge in [0.25, 0.3) is 5.56 Å². The summed E-state index contributed by atoms with van der Waals surface area (Å²) in [5, 5.41) is 0. The molecular formula is C18H19F2N3O4S. The van der Waals surface area contributed by atoms with E-state index in [1.807, 2.05) is 0 Å². The monoisotopic (exact) mass is 411 g/mol. The van der Waals surface area contributed by atoms with Gasteiger partial charge < -0.3 is 9.47 Å². The lowest BCUT2D eigenvalue weighted by atomic mass is 10.3. The third-order valence-corrected chi connectivity index (χ3v) is 6.52. The van der Waals surface area contributed by atoms with Gasteiger partial charge >= 0.3 is 0 Å². The number of sulfonamides is 1. The number of carbonyl (C=O) groups excluding carboxylic acids is 1. The fraction of sp³-hybridized carbons (Fsp3) is 0.333. The van der Waals surface area contributed by atoms with E-state index in [1.165, 1.54) is 15.5 Å². The molecule has 0 atom stereocenters. The summed E-state index contributed by atoms with van der Waals surface area (Å²) in [6.45, 7) is 0.313. The van der Waals surface area contributed by atoms with Crippen molar-refractivity contribution in [3.05, 3.63) is 64.6 Å². The first-order valence-corrected chi connectivity index (χ1v) is 10.1. The van der Waals surface area contributed by atoms with Crippen LogP contribution in [0.25, 0.3) is 0 Å². The highest BCUT2D eigenvalue weighted by molar-refractivity contribution is 7.89. The molecule has 7 nitrogen and oxygen atoms in total. The van der Waals surface area contributed by atoms with Gasteiger partial charge in [0.05, 0.1) is 0 Å². The quantitative estimate of drug-likeness (QED) is 0.737. The van der Waals surface area contributed by atoms with Crippen molar-refractivity contribution in [3.63, 3.8) is 0 Å². The van der Waals surface area contributed by atoms with Gasteiger partial charge in [-0.25, -0.2) is 17.2 Å². The van der Waals surface area contributed by atoms with Crippen LogP contribution in [0.2, 0.25) is 0 Å². The standard InChI is InChI=1S/C18H19F2N3O4S/c19-14-4-3-5-15(20)18(14)28(26,27)23-12-10-22(11-13-23)17(25)7-9-21-8-2-1-6-16(21)24/h1-6,8H,7,9-13H2. The molecule has 0 saturated carbocycles. The first-order valence-electron chi connectivity index (χ1n) is 8.68. The van der Waals surface area contributed by atoms with Crippen molar-refractivity contribution < 1.29 is 22.0 Å². The average Bonchev–Trinajstić information content (AvgIpc) is 2.67. The second kappa shape index (κ2) is 8.19. The van der Waals surface area contributed by atoms with Crippen LogP contribution < -0.4 is 5.56 Å². The smallest absolute Gasteiger partial charge is 0.250 e. The molecule has 2 heterocycles. The first-order chi connectivity index (χ1) is 13.3. The van der Waals surface area contributed by atoms with Crippen LogP contribution in [0.4, 0.5) is 8.78 Å². The highest BCUT2D eigenvalue weighted by Gasteiger charge is 2.33. The van der Waals surface area contributed by atoms with Crippen LogP contribution in [0.1, 0.15) is 6.42 Å². The Morgan fingerprint density at radius 3 is 2.21 bits per heavy atom. The molecule has 1 saturated heterocycles. The molecule has 1 fully saturated rings. The minimum Gasteiger partial charge on any atom is -0.340 e. The zero-order chi connectivity index (χ0) is 20.3. The second-order valence-electron chi connectivity index (χ2n) is 6.32. The summed E-state index contributed by atoms with van der Waals surface area (Å²) in [4.78, 5) is 24.5. The van der Waals surface area contributed by atoms with Crippen molar-refractivity contribution >= 4 is 15.9 Å². The molecule has 1 aromatic carbocycles. The van der Waals surface area contributed by atoms with E-state index < -0.39 is 26.6 Å². The molecule has 0 aliphatic carbocycles. The minimum absolute atomic E-state index is 0.0624. The second-order valence-corrected chi connectivity index (χ2v) is 8.19. The Labute approximate surface area is 160 Å². The van der Waals surface area contributed by atoms with Crippen LogP contribution >= 0.6 is 0 Å². The summed E-state index contributed by atoms with van der Waals surface area (Å²) in [6.07, 6.45) is 1.68. The molecule has 1 amide bonds. The van der Waals surface area contributed by atoms with E-state index in [2.05, 4.69) is 0 Å². The number of benzene rings is 1. The molecule has 0 N–H and O–H groups in total. The lowest BCUT2D eigenvalue weighted by Crippen LogP contribution is -2.50. The number of carbonyl (C=O) groups is 1. The Morgan fingerprint density at radius 2 is 1.61 bits per heavy atom. The van der Waals surface area contributed by atoms with Crippen LogP contribution in [0.15, 0.2) is 52.3 Å². The van der Waals surface area contributed by atoms with E-state index in [0.29, 0.717) is 0 Å². The van der Waals surface area contributed by atoms with Crippen LogP contribution in [0.5, 0.6) is 0 Å². The summed E-state index contributed by atoms with van der Waals surface area (Å²) < 4.78 is 55.2. The number of piperazine rings is 1. The van der Waals surface area contributed by atoms with Gasteiger partial charge in [0.1, 0.15) is 11.6 Å². The van der Waals surface area contributed by atoms with Gasteiger partial charge in [-0.15, -0.1) is 0 Å². The number of aryl methyl sites for hydroxylation is 1. The number of hydrogen-bond acceptors (Lipinski definition) is 4. The van der Waals surface area contributed by atoms with Crippen LogP contribution in [0.3, 0.4) is 0 Å². The van der Waals surface area contributed by atoms with E-state index in [-0.39, 0.29) is 50.6 Å². The van der Waals surface area contributed by atoms with Crippen LogP contribution in [-0.2, 0) is 21.4 Å². The van der Waals surface area contributed by atoms with E-state index >= 15 is 0 Å². The lowest BCUT2D eigenvalue weighted by molar-refractivity contribution is -0.132. The highest BCUT2D eigenvalue weighted by Crippen LogP contribution is 2.23. The topological polar surface area (TPSA) is 79.7 Å². The van der Waals surface area contributed by atoms with Crippen molar-refractivity contribution in [2.45, 2.75) is 17.9 Å². The molecule has 0 radical (unpaired) electrons. The van der Waals surface area contributed by atoms with Gasteiger partial charge in [0.2, 0.25) is 15.9 Å². The average molecular weight is 411 g/mol. The SMILES string of the molecule is O=C(CCn1ccccc1=O)N1CCN(S(=O)(=O)c2c(F)cccc2F)CC1. The maximum Gasteiger partial charge on any atom is 0.250 e. The van der Waals surface area contributed by atoms with E-state index in [1.54, 1.807) is 18.3 Å². The van der Waals surface area contributed by atoms with Gasteiger partial charge in [0, 0.05) is 51.4 Å².